The van der Waals surface area contributed by atoms with Crippen LogP contribution >= 0.6 is 0 Å². The largest absolute Gasteiger partial charge is 1.00 e. The molecule has 4 nitrogen and oxygen atoms in total. The fourth-order valence-corrected chi connectivity index (χ4v) is 0.203. The normalized spacial score (nSPS) is 5.11. The van der Waals surface area contributed by atoms with Crippen LogP contribution in [0.4, 0.5) is 0 Å². The number of hydrogen-bond acceptors (Lipinski definition) is 3. The Morgan fingerprint density at radius 1 is 1.56 bits per heavy atom. The van der Waals surface area contributed by atoms with Crippen molar-refractivity contribution in [3.8, 4) is 0 Å². The molecular formula is C4H11KO4. The summed E-state index contributed by atoms with van der Waals surface area (Å²) in [6.45, 7) is 3.65. The molecule has 0 aromatic heterocycles. The van der Waals surface area contributed by atoms with Gasteiger partial charge in [-0.15, -0.1) is 0 Å². The Hall–Kier alpha value is 1.03. The third-order valence-corrected chi connectivity index (χ3v) is 0.348. The van der Waals surface area contributed by atoms with Crippen LogP contribution in [0, 0.1) is 0 Å². The Morgan fingerprint density at radius 3 is 1.89 bits per heavy atom. The zero-order valence-electron chi connectivity index (χ0n) is 5.97. The van der Waals surface area contributed by atoms with Crippen molar-refractivity contribution in [2.45, 2.75) is 13.8 Å². The summed E-state index contributed by atoms with van der Waals surface area (Å²) in [5.74, 6) is -0.211. The molecule has 9 heavy (non-hydrogen) atoms. The van der Waals surface area contributed by atoms with Gasteiger partial charge in [-0.05, 0) is 6.92 Å². The quantitative estimate of drug-likeness (QED) is 0.297. The Morgan fingerprint density at radius 2 is 1.89 bits per heavy atom. The predicted molar refractivity (Wildman–Crippen MR) is 27.9 cm³/mol. The first kappa shape index (κ1) is 22.5. The van der Waals surface area contributed by atoms with Crippen molar-refractivity contribution >= 4 is 5.97 Å². The summed E-state index contributed by atoms with van der Waals surface area (Å²) in [5, 5.41) is 0. The van der Waals surface area contributed by atoms with Crippen molar-refractivity contribution in [2.24, 2.45) is 0 Å². The second-order valence-electron chi connectivity index (χ2n) is 0.925. The topological polar surface area (TPSA) is 87.8 Å². The van der Waals surface area contributed by atoms with Crippen LogP contribution in [-0.4, -0.2) is 23.5 Å². The van der Waals surface area contributed by atoms with E-state index in [0.29, 0.717) is 6.61 Å². The molecule has 0 fully saturated rings. The summed E-state index contributed by atoms with van der Waals surface area (Å²) >= 11 is 0. The molecule has 0 aromatic rings. The van der Waals surface area contributed by atoms with Gasteiger partial charge in [-0.3, -0.25) is 4.79 Å². The molecule has 0 atom stereocenters. The summed E-state index contributed by atoms with van der Waals surface area (Å²) in [4.78, 5) is 9.82. The van der Waals surface area contributed by atoms with Gasteiger partial charge >= 0.3 is 57.4 Å². The third kappa shape index (κ3) is 27.5. The Bertz CT molecular complexity index is 56.5. The fourth-order valence-electron chi connectivity index (χ4n) is 0.203. The van der Waals surface area contributed by atoms with Gasteiger partial charge in [-0.1, -0.05) is 0 Å². The molecule has 0 saturated heterocycles. The van der Waals surface area contributed by atoms with Gasteiger partial charge in [0.05, 0.1) is 6.61 Å². The molecule has 0 aliphatic carbocycles. The molecule has 3 N–H and O–H groups in total. The number of carbonyl (C=O) groups is 1. The number of carbonyl (C=O) groups excluding carboxylic acids is 1. The van der Waals surface area contributed by atoms with Gasteiger partial charge in [0.1, 0.15) is 0 Å². The van der Waals surface area contributed by atoms with Crippen molar-refractivity contribution in [1.29, 1.82) is 0 Å². The molecule has 0 aliphatic heterocycles. The molecule has 0 aliphatic rings. The molecule has 0 amide bonds. The van der Waals surface area contributed by atoms with Crippen molar-refractivity contribution < 1.29 is 71.9 Å². The van der Waals surface area contributed by atoms with Crippen LogP contribution in [0.5, 0.6) is 0 Å². The summed E-state index contributed by atoms with van der Waals surface area (Å²) in [6, 6.07) is 0. The fraction of sp³-hybridized carbons (Fsp3) is 0.750. The maximum absolute atomic E-state index is 9.82. The van der Waals surface area contributed by atoms with E-state index >= 15 is 0 Å². The van der Waals surface area contributed by atoms with Crippen LogP contribution in [0.1, 0.15) is 13.8 Å². The molecule has 5 heteroatoms. The molecule has 0 saturated carbocycles. The van der Waals surface area contributed by atoms with Crippen molar-refractivity contribution in [3.05, 3.63) is 0 Å². The Balaban J connectivity index is -0.0000000417. The van der Waals surface area contributed by atoms with Gasteiger partial charge in [0.25, 0.3) is 0 Å². The Labute approximate surface area is 97.0 Å². The first-order valence-corrected chi connectivity index (χ1v) is 1.90. The average Bonchev–Trinajstić information content (AvgIpc) is 1.35. The molecule has 0 spiro atoms. The van der Waals surface area contributed by atoms with E-state index in [1.54, 1.807) is 6.92 Å². The van der Waals surface area contributed by atoms with Gasteiger partial charge in [0, 0.05) is 6.92 Å². The predicted octanol–water partition coefficient (Wildman–Crippen LogP) is -3.43. The van der Waals surface area contributed by atoms with Gasteiger partial charge < -0.3 is 15.7 Å². The summed E-state index contributed by atoms with van der Waals surface area (Å²) < 4.78 is 4.40. The van der Waals surface area contributed by atoms with Crippen molar-refractivity contribution in [2.75, 3.05) is 6.61 Å². The van der Waals surface area contributed by atoms with Crippen LogP contribution in [0.3, 0.4) is 0 Å². The third-order valence-electron chi connectivity index (χ3n) is 0.348. The van der Waals surface area contributed by atoms with Crippen LogP contribution < -0.4 is 51.4 Å². The minimum Gasteiger partial charge on any atom is -0.870 e. The van der Waals surface area contributed by atoms with Crippen LogP contribution in [0.2, 0.25) is 0 Å². The zero-order chi connectivity index (χ0) is 4.99. The maximum Gasteiger partial charge on any atom is 1.00 e. The van der Waals surface area contributed by atoms with E-state index in [1.807, 2.05) is 0 Å². The van der Waals surface area contributed by atoms with Gasteiger partial charge in [-0.25, -0.2) is 0 Å². The second-order valence-corrected chi connectivity index (χ2v) is 0.925. The zero-order valence-corrected chi connectivity index (χ0v) is 9.09. The molecular weight excluding hydrogens is 151 g/mol. The minimum absolute atomic E-state index is 0. The van der Waals surface area contributed by atoms with Gasteiger partial charge in [-0.2, -0.15) is 0 Å². The maximum atomic E-state index is 9.82. The van der Waals surface area contributed by atoms with E-state index in [2.05, 4.69) is 4.74 Å². The number of esters is 1. The van der Waals surface area contributed by atoms with Crippen LogP contribution in [0.15, 0.2) is 0 Å². The Kier molecular flexibility index (Phi) is 40.0. The minimum atomic E-state index is -0.211. The molecule has 0 aromatic carbocycles. The van der Waals surface area contributed by atoms with Gasteiger partial charge in [0.15, 0.2) is 0 Å². The van der Waals surface area contributed by atoms with Crippen molar-refractivity contribution in [1.82, 2.24) is 0 Å². The van der Waals surface area contributed by atoms with E-state index < -0.39 is 0 Å². The number of rotatable bonds is 1. The molecule has 52 valence electrons. The monoisotopic (exact) mass is 162 g/mol. The van der Waals surface area contributed by atoms with Crippen molar-refractivity contribution in [3.63, 3.8) is 0 Å². The molecule has 0 heterocycles. The molecule has 0 rings (SSSR count). The SMILES string of the molecule is CCOC(C)=O.O.[K+].[OH-]. The summed E-state index contributed by atoms with van der Waals surface area (Å²) in [6.07, 6.45) is 0. The number of hydrogen-bond donors (Lipinski definition) is 0. The summed E-state index contributed by atoms with van der Waals surface area (Å²) in [5.41, 5.74) is 0. The van der Waals surface area contributed by atoms with E-state index in [-0.39, 0.29) is 68.3 Å². The van der Waals surface area contributed by atoms with E-state index in [9.17, 15) is 4.79 Å². The second kappa shape index (κ2) is 16.0. The first-order valence-electron chi connectivity index (χ1n) is 1.90. The van der Waals surface area contributed by atoms with E-state index in [4.69, 9.17) is 0 Å². The molecule has 0 bridgehead atoms. The molecule has 0 radical (unpaired) electrons. The smallest absolute Gasteiger partial charge is 0.870 e. The number of ether oxygens (including phenoxy) is 1. The molecule has 0 unspecified atom stereocenters. The standard InChI is InChI=1S/C4H8O2.K.2H2O/c1-3-6-4(2)5;;;/h3H2,1-2H3;;2*1H2/q;+1;;/p-1. The first-order chi connectivity index (χ1) is 2.77. The van der Waals surface area contributed by atoms with E-state index in [1.165, 1.54) is 6.92 Å². The summed E-state index contributed by atoms with van der Waals surface area (Å²) in [7, 11) is 0. The van der Waals surface area contributed by atoms with Gasteiger partial charge in [0.2, 0.25) is 0 Å². The van der Waals surface area contributed by atoms with Crippen LogP contribution in [-0.2, 0) is 9.53 Å². The average molecular weight is 162 g/mol. The van der Waals surface area contributed by atoms with Crippen LogP contribution in [0.25, 0.3) is 0 Å². The van der Waals surface area contributed by atoms with E-state index in [0.717, 1.165) is 0 Å².